The predicted molar refractivity (Wildman–Crippen MR) is 101 cm³/mol. The van der Waals surface area contributed by atoms with Gasteiger partial charge >= 0.3 is 0 Å². The molecule has 0 heterocycles. The molecular weight excluding hydrogens is 377 g/mol. The highest BCUT2D eigenvalue weighted by molar-refractivity contribution is 14.0. The van der Waals surface area contributed by atoms with E-state index in [4.69, 9.17) is 10.5 Å². The molecule has 1 atom stereocenters. The van der Waals surface area contributed by atoms with E-state index >= 15 is 0 Å². The summed E-state index contributed by atoms with van der Waals surface area (Å²) >= 11 is 0. The second-order valence-electron chi connectivity index (χ2n) is 5.03. The fourth-order valence-electron chi connectivity index (χ4n) is 2.13. The Morgan fingerprint density at radius 2 is 1.81 bits per heavy atom. The summed E-state index contributed by atoms with van der Waals surface area (Å²) in [5.74, 6) is 2.01. The number of hydrogen-bond donors (Lipinski definition) is 1. The largest absolute Gasteiger partial charge is 0.497 e. The second kappa shape index (κ2) is 10.7. The average molecular weight is 405 g/mol. The van der Waals surface area contributed by atoms with Crippen LogP contribution in [0.2, 0.25) is 0 Å². The molecule has 0 aliphatic rings. The zero-order valence-electron chi connectivity index (χ0n) is 13.5. The molecule has 120 valence electrons. The lowest BCUT2D eigenvalue weighted by molar-refractivity contribution is 0.414. The molecule has 2 N–H and O–H groups in total. The van der Waals surface area contributed by atoms with Crippen molar-refractivity contribution >= 4 is 29.9 Å². The highest BCUT2D eigenvalue weighted by atomic mass is 127. The van der Waals surface area contributed by atoms with Crippen LogP contribution in [0.25, 0.3) is 0 Å². The number of nitrogens with zero attached hydrogens (tertiary/aromatic N) is 2. The zero-order chi connectivity index (χ0) is 15.0. The number of ether oxygens (including phenoxy) is 1. The summed E-state index contributed by atoms with van der Waals surface area (Å²) in [6.07, 6.45) is 0.999. The SMILES string of the molecule is CCN(CC)C(N)=NCC(C)Cc1ccc(OC)cc1.I. The first-order valence-electron chi connectivity index (χ1n) is 7.28. The van der Waals surface area contributed by atoms with Gasteiger partial charge < -0.3 is 15.4 Å². The third-order valence-corrected chi connectivity index (χ3v) is 3.40. The van der Waals surface area contributed by atoms with E-state index in [0.29, 0.717) is 11.9 Å². The van der Waals surface area contributed by atoms with E-state index in [-0.39, 0.29) is 24.0 Å². The number of hydrogen-bond acceptors (Lipinski definition) is 2. The minimum atomic E-state index is 0. The minimum Gasteiger partial charge on any atom is -0.497 e. The van der Waals surface area contributed by atoms with Gasteiger partial charge in [0, 0.05) is 19.6 Å². The zero-order valence-corrected chi connectivity index (χ0v) is 15.8. The molecule has 0 saturated carbocycles. The first-order chi connectivity index (χ1) is 9.60. The lowest BCUT2D eigenvalue weighted by atomic mass is 10.0. The maximum Gasteiger partial charge on any atom is 0.191 e. The van der Waals surface area contributed by atoms with Crippen LogP contribution in [-0.2, 0) is 6.42 Å². The van der Waals surface area contributed by atoms with Crippen LogP contribution in [0.4, 0.5) is 0 Å². The topological polar surface area (TPSA) is 50.8 Å². The van der Waals surface area contributed by atoms with Crippen LogP contribution in [0.1, 0.15) is 26.3 Å². The highest BCUT2D eigenvalue weighted by Gasteiger charge is 2.06. The molecule has 4 nitrogen and oxygen atoms in total. The molecule has 0 aliphatic heterocycles. The Labute approximate surface area is 145 Å². The molecule has 0 radical (unpaired) electrons. The Hall–Kier alpha value is -0.980. The first kappa shape index (κ1) is 20.0. The van der Waals surface area contributed by atoms with Crippen LogP contribution in [0.15, 0.2) is 29.3 Å². The van der Waals surface area contributed by atoms with Gasteiger partial charge in [0.25, 0.3) is 0 Å². The van der Waals surface area contributed by atoms with E-state index in [2.05, 4.69) is 42.8 Å². The Morgan fingerprint density at radius 3 is 2.29 bits per heavy atom. The van der Waals surface area contributed by atoms with Crippen molar-refractivity contribution in [3.63, 3.8) is 0 Å². The van der Waals surface area contributed by atoms with E-state index in [1.54, 1.807) is 7.11 Å². The van der Waals surface area contributed by atoms with Gasteiger partial charge in [-0.2, -0.15) is 0 Å². The summed E-state index contributed by atoms with van der Waals surface area (Å²) in [6, 6.07) is 8.20. The molecular formula is C16H28IN3O. The molecule has 1 aromatic rings. The fourth-order valence-corrected chi connectivity index (χ4v) is 2.13. The van der Waals surface area contributed by atoms with Gasteiger partial charge in [0.15, 0.2) is 5.96 Å². The van der Waals surface area contributed by atoms with Gasteiger partial charge in [0.2, 0.25) is 0 Å². The summed E-state index contributed by atoms with van der Waals surface area (Å²) in [6.45, 7) is 8.94. The number of methoxy groups -OCH3 is 1. The van der Waals surface area contributed by atoms with E-state index in [0.717, 1.165) is 31.8 Å². The van der Waals surface area contributed by atoms with Crippen molar-refractivity contribution in [3.8, 4) is 5.75 Å². The van der Waals surface area contributed by atoms with Gasteiger partial charge in [-0.05, 0) is 43.9 Å². The molecule has 1 rings (SSSR count). The summed E-state index contributed by atoms with van der Waals surface area (Å²) in [5, 5.41) is 0. The normalized spacial score (nSPS) is 12.5. The molecule has 0 amide bonds. The van der Waals surface area contributed by atoms with Crippen molar-refractivity contribution in [1.29, 1.82) is 0 Å². The highest BCUT2D eigenvalue weighted by Crippen LogP contribution is 2.14. The maximum atomic E-state index is 5.98. The predicted octanol–water partition coefficient (Wildman–Crippen LogP) is 3.15. The molecule has 0 aromatic heterocycles. The molecule has 0 bridgehead atoms. The number of aliphatic imine (C=N–C) groups is 1. The number of nitrogens with two attached hydrogens (primary N) is 1. The van der Waals surface area contributed by atoms with Crippen molar-refractivity contribution in [2.75, 3.05) is 26.7 Å². The van der Waals surface area contributed by atoms with Gasteiger partial charge in [0.1, 0.15) is 5.75 Å². The summed E-state index contributed by atoms with van der Waals surface area (Å²) in [7, 11) is 1.68. The molecule has 0 fully saturated rings. The van der Waals surface area contributed by atoms with Crippen LogP contribution >= 0.6 is 24.0 Å². The Morgan fingerprint density at radius 1 is 1.24 bits per heavy atom. The van der Waals surface area contributed by atoms with Gasteiger partial charge in [-0.15, -0.1) is 24.0 Å². The molecule has 0 saturated heterocycles. The lowest BCUT2D eigenvalue weighted by Gasteiger charge is -2.20. The number of rotatable bonds is 7. The van der Waals surface area contributed by atoms with Crippen molar-refractivity contribution in [2.45, 2.75) is 27.2 Å². The smallest absolute Gasteiger partial charge is 0.191 e. The number of halogens is 1. The summed E-state index contributed by atoms with van der Waals surface area (Å²) in [4.78, 5) is 6.56. The van der Waals surface area contributed by atoms with Crippen LogP contribution in [0.3, 0.4) is 0 Å². The van der Waals surface area contributed by atoms with Crippen molar-refractivity contribution in [2.24, 2.45) is 16.6 Å². The van der Waals surface area contributed by atoms with E-state index < -0.39 is 0 Å². The van der Waals surface area contributed by atoms with Gasteiger partial charge in [0.05, 0.1) is 7.11 Å². The average Bonchev–Trinajstić information content (AvgIpc) is 2.47. The summed E-state index contributed by atoms with van der Waals surface area (Å²) in [5.41, 5.74) is 7.28. The monoisotopic (exact) mass is 405 g/mol. The molecule has 21 heavy (non-hydrogen) atoms. The van der Waals surface area contributed by atoms with E-state index in [1.807, 2.05) is 12.1 Å². The summed E-state index contributed by atoms with van der Waals surface area (Å²) < 4.78 is 5.16. The quantitative estimate of drug-likeness (QED) is 0.431. The van der Waals surface area contributed by atoms with Crippen molar-refractivity contribution in [1.82, 2.24) is 4.90 Å². The number of guanidine groups is 1. The third kappa shape index (κ3) is 7.02. The first-order valence-corrected chi connectivity index (χ1v) is 7.28. The fraction of sp³-hybridized carbons (Fsp3) is 0.562. The Kier molecular flexibility index (Phi) is 10.2. The third-order valence-electron chi connectivity index (χ3n) is 3.40. The second-order valence-corrected chi connectivity index (χ2v) is 5.03. The molecule has 0 spiro atoms. The van der Waals surface area contributed by atoms with E-state index in [1.165, 1.54) is 5.56 Å². The van der Waals surface area contributed by atoms with Crippen LogP contribution in [-0.4, -0.2) is 37.6 Å². The van der Waals surface area contributed by atoms with Crippen LogP contribution in [0, 0.1) is 5.92 Å². The number of benzene rings is 1. The molecule has 1 unspecified atom stereocenters. The Balaban J connectivity index is 0.00000400. The molecule has 0 aliphatic carbocycles. The lowest BCUT2D eigenvalue weighted by Crippen LogP contribution is -2.37. The van der Waals surface area contributed by atoms with Crippen molar-refractivity contribution in [3.05, 3.63) is 29.8 Å². The van der Waals surface area contributed by atoms with Crippen LogP contribution in [0.5, 0.6) is 5.75 Å². The van der Waals surface area contributed by atoms with Gasteiger partial charge in [-0.1, -0.05) is 19.1 Å². The molecule has 5 heteroatoms. The van der Waals surface area contributed by atoms with Crippen LogP contribution < -0.4 is 10.5 Å². The van der Waals surface area contributed by atoms with Crippen molar-refractivity contribution < 1.29 is 4.74 Å². The molecule has 1 aromatic carbocycles. The van der Waals surface area contributed by atoms with Gasteiger partial charge in [-0.25, -0.2) is 0 Å². The minimum absolute atomic E-state index is 0. The standard InChI is InChI=1S/C16H27N3O.HI/c1-5-19(6-2)16(17)18-12-13(3)11-14-7-9-15(20-4)10-8-14;/h7-10,13H,5-6,11-12H2,1-4H3,(H2,17,18);1H. The van der Waals surface area contributed by atoms with E-state index in [9.17, 15) is 0 Å². The maximum absolute atomic E-state index is 5.98. The Bertz CT molecular complexity index is 416. The van der Waals surface area contributed by atoms with Gasteiger partial charge in [-0.3, -0.25) is 4.99 Å².